The van der Waals surface area contributed by atoms with Gasteiger partial charge in [0.25, 0.3) is 0 Å². The van der Waals surface area contributed by atoms with Crippen LogP contribution in [-0.2, 0) is 6.42 Å². The van der Waals surface area contributed by atoms with E-state index in [0.717, 1.165) is 11.3 Å². The summed E-state index contributed by atoms with van der Waals surface area (Å²) in [7, 11) is 0. The summed E-state index contributed by atoms with van der Waals surface area (Å²) >= 11 is 4.30. The molecule has 2 heteroatoms. The van der Waals surface area contributed by atoms with Crippen LogP contribution < -0.4 is 5.73 Å². The highest BCUT2D eigenvalue weighted by Gasteiger charge is 1.92. The summed E-state index contributed by atoms with van der Waals surface area (Å²) < 4.78 is 0. The minimum Gasteiger partial charge on any atom is -0.405 e. The predicted molar refractivity (Wildman–Crippen MR) is 50.7 cm³/mol. The normalized spacial score (nSPS) is 10.6. The number of thiol groups is 1. The average Bonchev–Trinajstić information content (AvgIpc) is 2.03. The molecule has 2 N–H and O–H groups in total. The van der Waals surface area contributed by atoms with Gasteiger partial charge in [0, 0.05) is 4.90 Å². The first-order chi connectivity index (χ1) is 5.34. The Hall–Kier alpha value is -0.890. The second-order valence-corrected chi connectivity index (χ2v) is 2.74. The second kappa shape index (κ2) is 4.09. The Morgan fingerprint density at radius 2 is 2.09 bits per heavy atom. The van der Waals surface area contributed by atoms with Crippen LogP contribution in [-0.4, -0.2) is 0 Å². The van der Waals surface area contributed by atoms with Crippen molar-refractivity contribution in [1.82, 2.24) is 0 Å². The van der Waals surface area contributed by atoms with Crippen molar-refractivity contribution < 1.29 is 0 Å². The van der Waals surface area contributed by atoms with Crippen molar-refractivity contribution in [3.05, 3.63) is 42.1 Å². The smallest absolute Gasteiger partial charge is 0.00752 e. The van der Waals surface area contributed by atoms with Crippen LogP contribution in [0.1, 0.15) is 5.56 Å². The number of hydrogen-bond donors (Lipinski definition) is 2. The molecule has 0 aliphatic carbocycles. The Morgan fingerprint density at radius 3 is 2.73 bits per heavy atom. The molecule has 0 aliphatic heterocycles. The molecule has 0 aromatic heterocycles. The zero-order valence-electron chi connectivity index (χ0n) is 6.20. The lowest BCUT2D eigenvalue weighted by Gasteiger charge is -1.98. The van der Waals surface area contributed by atoms with E-state index in [9.17, 15) is 0 Å². The average molecular weight is 165 g/mol. The molecule has 1 nitrogen and oxygen atoms in total. The fraction of sp³-hybridized carbons (Fsp3) is 0.111. The molecule has 0 bridgehead atoms. The third-order valence-electron chi connectivity index (χ3n) is 1.47. The van der Waals surface area contributed by atoms with Crippen molar-refractivity contribution in [3.8, 4) is 0 Å². The van der Waals surface area contributed by atoms with Gasteiger partial charge in [-0.25, -0.2) is 0 Å². The number of hydrogen-bond acceptors (Lipinski definition) is 2. The molecule has 0 unspecified atom stereocenters. The second-order valence-electron chi connectivity index (χ2n) is 2.26. The number of benzene rings is 1. The summed E-state index contributed by atoms with van der Waals surface area (Å²) in [5.74, 6) is 0. The highest BCUT2D eigenvalue weighted by atomic mass is 32.1. The molecule has 0 atom stereocenters. The molecule has 0 radical (unpaired) electrons. The Bertz CT molecular complexity index is 255. The van der Waals surface area contributed by atoms with Gasteiger partial charge in [-0.3, -0.25) is 0 Å². The Labute approximate surface area is 72.3 Å². The summed E-state index contributed by atoms with van der Waals surface area (Å²) in [6, 6.07) is 7.99. The van der Waals surface area contributed by atoms with Crippen molar-refractivity contribution in [1.29, 1.82) is 0 Å². The van der Waals surface area contributed by atoms with Crippen LogP contribution in [0.2, 0.25) is 0 Å². The molecule has 1 aromatic carbocycles. The Morgan fingerprint density at radius 1 is 1.36 bits per heavy atom. The van der Waals surface area contributed by atoms with Gasteiger partial charge in [0.05, 0.1) is 0 Å². The van der Waals surface area contributed by atoms with Gasteiger partial charge in [0.2, 0.25) is 0 Å². The molecule has 0 aliphatic rings. The number of rotatable bonds is 2. The molecule has 1 rings (SSSR count). The van der Waals surface area contributed by atoms with Crippen molar-refractivity contribution in [2.75, 3.05) is 0 Å². The van der Waals surface area contributed by atoms with Crippen molar-refractivity contribution in [2.24, 2.45) is 5.73 Å². The maximum absolute atomic E-state index is 5.22. The zero-order chi connectivity index (χ0) is 8.10. The summed E-state index contributed by atoms with van der Waals surface area (Å²) in [5, 5.41) is 0. The molecular formula is C9H11NS. The molecule has 0 saturated carbocycles. The minimum atomic E-state index is 0.857. The third kappa shape index (κ3) is 2.31. The van der Waals surface area contributed by atoms with Crippen molar-refractivity contribution in [2.45, 2.75) is 11.3 Å². The lowest BCUT2D eigenvalue weighted by atomic mass is 10.1. The van der Waals surface area contributed by atoms with E-state index in [-0.39, 0.29) is 0 Å². The van der Waals surface area contributed by atoms with Gasteiger partial charge in [-0.2, -0.15) is 0 Å². The summed E-state index contributed by atoms with van der Waals surface area (Å²) in [6.07, 6.45) is 4.32. The first kappa shape index (κ1) is 8.21. The summed E-state index contributed by atoms with van der Waals surface area (Å²) in [4.78, 5) is 1.02. The predicted octanol–water partition coefficient (Wildman–Crippen LogP) is 1.99. The molecule has 11 heavy (non-hydrogen) atoms. The maximum atomic E-state index is 5.22. The molecule has 0 fully saturated rings. The summed E-state index contributed by atoms with van der Waals surface area (Å²) in [6.45, 7) is 0. The van der Waals surface area contributed by atoms with E-state index in [1.807, 2.05) is 30.3 Å². The molecule has 1 aromatic rings. The van der Waals surface area contributed by atoms with Gasteiger partial charge >= 0.3 is 0 Å². The SMILES string of the molecule is NC=CCc1ccccc1S. The van der Waals surface area contributed by atoms with Crippen LogP contribution in [0.25, 0.3) is 0 Å². The van der Waals surface area contributed by atoms with Crippen LogP contribution in [0.15, 0.2) is 41.4 Å². The van der Waals surface area contributed by atoms with Crippen LogP contribution in [0.5, 0.6) is 0 Å². The summed E-state index contributed by atoms with van der Waals surface area (Å²) in [5.41, 5.74) is 6.43. The molecular weight excluding hydrogens is 154 g/mol. The maximum Gasteiger partial charge on any atom is 0.00752 e. The van der Waals surface area contributed by atoms with E-state index in [1.165, 1.54) is 5.56 Å². The van der Waals surface area contributed by atoms with Crippen LogP contribution in [0.4, 0.5) is 0 Å². The van der Waals surface area contributed by atoms with E-state index in [0.29, 0.717) is 0 Å². The first-order valence-corrected chi connectivity index (χ1v) is 3.93. The standard InChI is InChI=1S/C9H11NS/c10-7-3-5-8-4-1-2-6-9(8)11/h1-4,6-7,11H,5,10H2. The lowest BCUT2D eigenvalue weighted by Crippen LogP contribution is -1.84. The monoisotopic (exact) mass is 165 g/mol. The molecule has 58 valence electrons. The van der Waals surface area contributed by atoms with E-state index >= 15 is 0 Å². The van der Waals surface area contributed by atoms with Crippen molar-refractivity contribution in [3.63, 3.8) is 0 Å². The number of nitrogens with two attached hydrogens (primary N) is 1. The van der Waals surface area contributed by atoms with Crippen LogP contribution >= 0.6 is 12.6 Å². The van der Waals surface area contributed by atoms with Gasteiger partial charge in [-0.15, -0.1) is 12.6 Å². The van der Waals surface area contributed by atoms with E-state index in [1.54, 1.807) is 6.20 Å². The van der Waals surface area contributed by atoms with Crippen LogP contribution in [0.3, 0.4) is 0 Å². The molecule has 0 heterocycles. The fourth-order valence-electron chi connectivity index (χ4n) is 0.878. The lowest BCUT2D eigenvalue weighted by molar-refractivity contribution is 1.18. The van der Waals surface area contributed by atoms with Gasteiger partial charge < -0.3 is 5.73 Å². The fourth-order valence-corrected chi connectivity index (χ4v) is 1.13. The Kier molecular flexibility index (Phi) is 3.05. The number of allylic oxidation sites excluding steroid dienone is 1. The molecule has 0 spiro atoms. The first-order valence-electron chi connectivity index (χ1n) is 3.48. The van der Waals surface area contributed by atoms with E-state index < -0.39 is 0 Å². The van der Waals surface area contributed by atoms with Gasteiger partial charge in [-0.05, 0) is 24.3 Å². The van der Waals surface area contributed by atoms with Crippen LogP contribution in [0, 0.1) is 0 Å². The zero-order valence-corrected chi connectivity index (χ0v) is 7.09. The highest BCUT2D eigenvalue weighted by Crippen LogP contribution is 2.13. The molecule has 0 amide bonds. The molecule has 0 saturated heterocycles. The van der Waals surface area contributed by atoms with Gasteiger partial charge in [0.1, 0.15) is 0 Å². The van der Waals surface area contributed by atoms with E-state index in [4.69, 9.17) is 5.73 Å². The largest absolute Gasteiger partial charge is 0.405 e. The van der Waals surface area contributed by atoms with Crippen molar-refractivity contribution >= 4 is 12.6 Å². The highest BCUT2D eigenvalue weighted by molar-refractivity contribution is 7.80. The van der Waals surface area contributed by atoms with E-state index in [2.05, 4.69) is 12.6 Å². The quantitative estimate of drug-likeness (QED) is 0.644. The van der Waals surface area contributed by atoms with Gasteiger partial charge in [-0.1, -0.05) is 24.3 Å². The minimum absolute atomic E-state index is 0.857. The Balaban J connectivity index is 2.77. The third-order valence-corrected chi connectivity index (χ3v) is 1.90. The topological polar surface area (TPSA) is 26.0 Å². The van der Waals surface area contributed by atoms with Gasteiger partial charge in [0.15, 0.2) is 0 Å².